The van der Waals surface area contributed by atoms with E-state index >= 15 is 0 Å². The van der Waals surface area contributed by atoms with Crippen LogP contribution in [0.4, 0.5) is 0 Å². The summed E-state index contributed by atoms with van der Waals surface area (Å²) in [6.45, 7) is 6.35. The monoisotopic (exact) mass is 404 g/mol. The number of carbonyl (C=O) groups excluding carboxylic acids is 2. The minimum atomic E-state index is -0.602. The largest absolute Gasteiger partial charge is 0.483 e. The SMILES string of the molecule is CCNC(=O)[C@H](C)N(Cc1ccc(C)cc1)C(=O)COc1cccc2ccccc12. The zero-order valence-electron chi connectivity index (χ0n) is 17.7. The first-order valence-corrected chi connectivity index (χ1v) is 10.2. The van der Waals surface area contributed by atoms with Gasteiger partial charge in [0.2, 0.25) is 5.91 Å². The van der Waals surface area contributed by atoms with Crippen molar-refractivity contribution in [2.24, 2.45) is 0 Å². The predicted molar refractivity (Wildman–Crippen MR) is 119 cm³/mol. The second kappa shape index (κ2) is 9.92. The molecule has 0 aromatic heterocycles. The Hall–Kier alpha value is -3.34. The average molecular weight is 405 g/mol. The van der Waals surface area contributed by atoms with Gasteiger partial charge in [0.05, 0.1) is 0 Å². The molecule has 30 heavy (non-hydrogen) atoms. The van der Waals surface area contributed by atoms with Crippen molar-refractivity contribution in [3.63, 3.8) is 0 Å². The second-order valence-electron chi connectivity index (χ2n) is 7.34. The molecule has 0 bridgehead atoms. The van der Waals surface area contributed by atoms with Crippen LogP contribution < -0.4 is 10.1 Å². The van der Waals surface area contributed by atoms with Gasteiger partial charge < -0.3 is 15.0 Å². The molecular formula is C25H28N2O3. The molecule has 0 spiro atoms. The molecule has 3 rings (SSSR count). The molecule has 3 aromatic carbocycles. The molecule has 5 heteroatoms. The predicted octanol–water partition coefficient (Wildman–Crippen LogP) is 4.08. The lowest BCUT2D eigenvalue weighted by atomic mass is 10.1. The fourth-order valence-corrected chi connectivity index (χ4v) is 3.34. The molecule has 0 heterocycles. The Bertz CT molecular complexity index is 1010. The maximum absolute atomic E-state index is 13.1. The molecule has 156 valence electrons. The van der Waals surface area contributed by atoms with Gasteiger partial charge >= 0.3 is 0 Å². The summed E-state index contributed by atoms with van der Waals surface area (Å²) in [7, 11) is 0. The molecule has 0 aliphatic heterocycles. The van der Waals surface area contributed by atoms with Crippen molar-refractivity contribution >= 4 is 22.6 Å². The quantitative estimate of drug-likeness (QED) is 0.615. The number of nitrogens with one attached hydrogen (secondary N) is 1. The van der Waals surface area contributed by atoms with Crippen molar-refractivity contribution in [1.82, 2.24) is 10.2 Å². The van der Waals surface area contributed by atoms with Crippen LogP contribution in [0.1, 0.15) is 25.0 Å². The molecule has 2 amide bonds. The molecule has 0 aliphatic carbocycles. The molecule has 0 radical (unpaired) electrons. The number of aryl methyl sites for hydroxylation is 1. The van der Waals surface area contributed by atoms with E-state index in [2.05, 4.69) is 5.32 Å². The topological polar surface area (TPSA) is 58.6 Å². The fraction of sp³-hybridized carbons (Fsp3) is 0.280. The summed E-state index contributed by atoms with van der Waals surface area (Å²) in [5.41, 5.74) is 2.11. The third-order valence-electron chi connectivity index (χ3n) is 5.09. The maximum Gasteiger partial charge on any atom is 0.261 e. The van der Waals surface area contributed by atoms with Crippen molar-refractivity contribution in [1.29, 1.82) is 0 Å². The standard InChI is InChI=1S/C25H28N2O3/c1-4-26-25(29)19(3)27(16-20-14-12-18(2)13-15-20)24(28)17-30-23-11-7-9-21-8-5-6-10-22(21)23/h5-15,19H,4,16-17H2,1-3H3,(H,26,29)/t19-/m0/s1. The van der Waals surface area contributed by atoms with Gasteiger partial charge in [-0.3, -0.25) is 9.59 Å². The van der Waals surface area contributed by atoms with Gasteiger partial charge in [0.25, 0.3) is 5.91 Å². The number of ether oxygens (including phenoxy) is 1. The lowest BCUT2D eigenvalue weighted by Crippen LogP contribution is -2.49. The number of likely N-dealkylation sites (N-methyl/N-ethyl adjacent to an activating group) is 1. The molecule has 1 atom stereocenters. The molecule has 3 aromatic rings. The number of benzene rings is 3. The van der Waals surface area contributed by atoms with Gasteiger partial charge in [-0.25, -0.2) is 0 Å². The first kappa shape index (κ1) is 21.4. The van der Waals surface area contributed by atoms with Gasteiger partial charge in [0.1, 0.15) is 11.8 Å². The third kappa shape index (κ3) is 5.17. The van der Waals surface area contributed by atoms with Crippen molar-refractivity contribution in [3.8, 4) is 5.75 Å². The van der Waals surface area contributed by atoms with E-state index in [0.29, 0.717) is 18.8 Å². The number of hydrogen-bond acceptors (Lipinski definition) is 3. The highest BCUT2D eigenvalue weighted by atomic mass is 16.5. The Morgan fingerprint density at radius 3 is 2.43 bits per heavy atom. The summed E-state index contributed by atoms with van der Waals surface area (Å²) >= 11 is 0. The Morgan fingerprint density at radius 1 is 1.00 bits per heavy atom. The number of hydrogen-bond donors (Lipinski definition) is 1. The van der Waals surface area contributed by atoms with Crippen molar-refractivity contribution in [3.05, 3.63) is 77.9 Å². The molecule has 0 unspecified atom stereocenters. The summed E-state index contributed by atoms with van der Waals surface area (Å²) < 4.78 is 5.89. The van der Waals surface area contributed by atoms with Crippen molar-refractivity contribution in [2.75, 3.05) is 13.2 Å². The number of fused-ring (bicyclic) bond motifs is 1. The Balaban J connectivity index is 1.78. The van der Waals surface area contributed by atoms with Crippen molar-refractivity contribution in [2.45, 2.75) is 33.4 Å². The molecule has 0 saturated carbocycles. The number of amides is 2. The molecular weight excluding hydrogens is 376 g/mol. The Morgan fingerprint density at radius 2 is 1.70 bits per heavy atom. The first-order valence-electron chi connectivity index (χ1n) is 10.2. The van der Waals surface area contributed by atoms with E-state index in [-0.39, 0.29) is 18.4 Å². The van der Waals surface area contributed by atoms with Crippen LogP contribution in [0.15, 0.2) is 66.7 Å². The molecule has 5 nitrogen and oxygen atoms in total. The summed E-state index contributed by atoms with van der Waals surface area (Å²) in [5.74, 6) is 0.243. The van der Waals surface area contributed by atoms with Crippen molar-refractivity contribution < 1.29 is 14.3 Å². The minimum absolute atomic E-state index is 0.135. The zero-order valence-corrected chi connectivity index (χ0v) is 17.7. The van der Waals surface area contributed by atoms with E-state index in [1.807, 2.05) is 80.6 Å². The first-order chi connectivity index (χ1) is 14.5. The van der Waals surface area contributed by atoms with Gasteiger partial charge in [-0.1, -0.05) is 66.2 Å². The Kier molecular flexibility index (Phi) is 7.07. The lowest BCUT2D eigenvalue weighted by molar-refractivity contribution is -0.142. The summed E-state index contributed by atoms with van der Waals surface area (Å²) in [5, 5.41) is 4.80. The number of carbonyl (C=O) groups is 2. The molecule has 1 N–H and O–H groups in total. The highest BCUT2D eigenvalue weighted by Crippen LogP contribution is 2.25. The Labute approximate surface area is 177 Å². The van der Waals surface area contributed by atoms with Gasteiger partial charge in [0.15, 0.2) is 6.61 Å². The van der Waals surface area contributed by atoms with E-state index in [1.54, 1.807) is 11.8 Å². The molecule has 0 saturated heterocycles. The molecule has 0 aliphatic rings. The summed E-state index contributed by atoms with van der Waals surface area (Å²) in [4.78, 5) is 27.1. The van der Waals surface area contributed by atoms with E-state index in [0.717, 1.165) is 21.9 Å². The van der Waals surface area contributed by atoms with E-state index < -0.39 is 6.04 Å². The van der Waals surface area contributed by atoms with Crippen LogP contribution in [-0.2, 0) is 16.1 Å². The average Bonchev–Trinajstić information content (AvgIpc) is 2.76. The lowest BCUT2D eigenvalue weighted by Gasteiger charge is -2.28. The van der Waals surface area contributed by atoms with Crippen LogP contribution in [-0.4, -0.2) is 35.9 Å². The van der Waals surface area contributed by atoms with Gasteiger partial charge in [0, 0.05) is 18.5 Å². The minimum Gasteiger partial charge on any atom is -0.483 e. The fourth-order valence-electron chi connectivity index (χ4n) is 3.34. The van der Waals surface area contributed by atoms with Gasteiger partial charge in [-0.15, -0.1) is 0 Å². The van der Waals surface area contributed by atoms with Crippen LogP contribution in [0.2, 0.25) is 0 Å². The van der Waals surface area contributed by atoms with E-state index in [4.69, 9.17) is 4.74 Å². The highest BCUT2D eigenvalue weighted by Gasteiger charge is 2.26. The van der Waals surface area contributed by atoms with Crippen LogP contribution in [0.25, 0.3) is 10.8 Å². The maximum atomic E-state index is 13.1. The third-order valence-corrected chi connectivity index (χ3v) is 5.09. The number of nitrogens with zero attached hydrogens (tertiary/aromatic N) is 1. The van der Waals surface area contributed by atoms with Crippen LogP contribution >= 0.6 is 0 Å². The molecule has 0 fully saturated rings. The zero-order chi connectivity index (χ0) is 21.5. The van der Waals surface area contributed by atoms with E-state index in [9.17, 15) is 9.59 Å². The summed E-state index contributed by atoms with van der Waals surface area (Å²) in [6, 6.07) is 21.0. The van der Waals surface area contributed by atoms with Gasteiger partial charge in [-0.05, 0) is 37.8 Å². The van der Waals surface area contributed by atoms with Crippen LogP contribution in [0.5, 0.6) is 5.75 Å². The van der Waals surface area contributed by atoms with Gasteiger partial charge in [-0.2, -0.15) is 0 Å². The van der Waals surface area contributed by atoms with Crippen LogP contribution in [0, 0.1) is 6.92 Å². The summed E-state index contributed by atoms with van der Waals surface area (Å²) in [6.07, 6.45) is 0. The highest BCUT2D eigenvalue weighted by molar-refractivity contribution is 5.90. The number of rotatable bonds is 8. The van der Waals surface area contributed by atoms with Crippen LogP contribution in [0.3, 0.4) is 0 Å². The normalized spacial score (nSPS) is 11.7. The second-order valence-corrected chi connectivity index (χ2v) is 7.34. The smallest absolute Gasteiger partial charge is 0.261 e. The van der Waals surface area contributed by atoms with E-state index in [1.165, 1.54) is 0 Å².